The Morgan fingerprint density at radius 3 is 2.72 bits per heavy atom. The van der Waals surface area contributed by atoms with Gasteiger partial charge in [-0.1, -0.05) is 18.2 Å². The minimum Gasteiger partial charge on any atom is -0.497 e. The summed E-state index contributed by atoms with van der Waals surface area (Å²) in [4.78, 5) is 17.9. The fraction of sp³-hybridized carbons (Fsp3) is 0.174. The van der Waals surface area contributed by atoms with Crippen molar-refractivity contribution in [2.75, 3.05) is 25.7 Å². The molecule has 5 rings (SSSR count). The van der Waals surface area contributed by atoms with Gasteiger partial charge in [0.15, 0.2) is 12.4 Å². The molecule has 3 aromatic carbocycles. The number of aromatic nitrogens is 1. The summed E-state index contributed by atoms with van der Waals surface area (Å²) < 4.78 is 16.7. The molecule has 29 heavy (non-hydrogen) atoms. The molecule has 1 N–H and O–H groups in total. The molecule has 0 fully saturated rings. The van der Waals surface area contributed by atoms with Gasteiger partial charge in [-0.05, 0) is 30.3 Å². The molecular formula is C23H20N2O4. The normalized spacial score (nSPS) is 13.4. The van der Waals surface area contributed by atoms with E-state index < -0.39 is 0 Å². The molecule has 0 unspecified atom stereocenters. The Balaban J connectivity index is 1.63. The van der Waals surface area contributed by atoms with E-state index in [9.17, 15) is 4.79 Å². The molecule has 0 saturated heterocycles. The molecule has 4 aromatic rings. The highest BCUT2D eigenvalue weighted by atomic mass is 16.5. The summed E-state index contributed by atoms with van der Waals surface area (Å²) in [6, 6.07) is 17.6. The average molecular weight is 388 g/mol. The van der Waals surface area contributed by atoms with Crippen LogP contribution in [-0.4, -0.2) is 31.7 Å². The number of nitrogens with one attached hydrogen (secondary N) is 1. The second-order valence-corrected chi connectivity index (χ2v) is 6.95. The van der Waals surface area contributed by atoms with Crippen LogP contribution in [-0.2, 0) is 11.3 Å². The predicted octanol–water partition coefficient (Wildman–Crippen LogP) is 4.26. The number of amides is 1. The van der Waals surface area contributed by atoms with E-state index in [0.29, 0.717) is 18.0 Å². The number of hydrogen-bond donors (Lipinski definition) is 1. The van der Waals surface area contributed by atoms with Crippen LogP contribution in [0.15, 0.2) is 54.6 Å². The molecule has 0 radical (unpaired) electrons. The second kappa shape index (κ2) is 6.74. The first kappa shape index (κ1) is 17.4. The first-order chi connectivity index (χ1) is 14.2. The van der Waals surface area contributed by atoms with Crippen LogP contribution in [0.1, 0.15) is 5.56 Å². The maximum Gasteiger partial charge on any atom is 0.265 e. The van der Waals surface area contributed by atoms with E-state index in [1.807, 2.05) is 48.5 Å². The van der Waals surface area contributed by atoms with Crippen molar-refractivity contribution in [1.29, 1.82) is 0 Å². The van der Waals surface area contributed by atoms with Crippen LogP contribution in [0.3, 0.4) is 0 Å². The number of ether oxygens (including phenoxy) is 3. The third-order valence-corrected chi connectivity index (χ3v) is 5.36. The maximum atomic E-state index is 12.7. The van der Waals surface area contributed by atoms with Crippen LogP contribution in [0.25, 0.3) is 21.8 Å². The summed E-state index contributed by atoms with van der Waals surface area (Å²) in [6.07, 6.45) is 0. The summed E-state index contributed by atoms with van der Waals surface area (Å²) in [5.74, 6) is 2.03. The van der Waals surface area contributed by atoms with Gasteiger partial charge in [0.25, 0.3) is 5.91 Å². The molecule has 1 amide bonds. The van der Waals surface area contributed by atoms with Crippen molar-refractivity contribution in [2.45, 2.75) is 6.54 Å². The SMILES string of the molecule is COc1ccc(CN2C(=O)COc3c2ccc2[nH]c4ccccc4c32)c(OC)c1. The smallest absolute Gasteiger partial charge is 0.265 e. The first-order valence-corrected chi connectivity index (χ1v) is 9.37. The molecule has 1 aliphatic rings. The fourth-order valence-corrected chi connectivity index (χ4v) is 3.93. The lowest BCUT2D eigenvalue weighted by Gasteiger charge is -2.30. The number of para-hydroxylation sites is 1. The highest BCUT2D eigenvalue weighted by Crippen LogP contribution is 2.43. The third-order valence-electron chi connectivity index (χ3n) is 5.36. The van der Waals surface area contributed by atoms with Crippen LogP contribution in [0.4, 0.5) is 5.69 Å². The van der Waals surface area contributed by atoms with Crippen LogP contribution in [0.2, 0.25) is 0 Å². The molecule has 6 nitrogen and oxygen atoms in total. The van der Waals surface area contributed by atoms with Crippen molar-refractivity contribution < 1.29 is 19.0 Å². The Morgan fingerprint density at radius 2 is 1.90 bits per heavy atom. The lowest BCUT2D eigenvalue weighted by atomic mass is 10.1. The molecule has 1 aliphatic heterocycles. The van der Waals surface area contributed by atoms with Crippen molar-refractivity contribution in [3.8, 4) is 17.2 Å². The number of carbonyl (C=O) groups excluding carboxylic acids is 1. The molecule has 6 heteroatoms. The maximum absolute atomic E-state index is 12.7. The first-order valence-electron chi connectivity index (χ1n) is 9.37. The van der Waals surface area contributed by atoms with Gasteiger partial charge >= 0.3 is 0 Å². The third kappa shape index (κ3) is 2.76. The van der Waals surface area contributed by atoms with Gasteiger partial charge in [-0.2, -0.15) is 0 Å². The zero-order valence-electron chi connectivity index (χ0n) is 16.2. The molecule has 0 spiro atoms. The van der Waals surface area contributed by atoms with E-state index in [0.717, 1.165) is 38.8 Å². The number of anilines is 1. The van der Waals surface area contributed by atoms with E-state index in [2.05, 4.69) is 11.1 Å². The predicted molar refractivity (Wildman–Crippen MR) is 112 cm³/mol. The Labute approximate surface area is 167 Å². The van der Waals surface area contributed by atoms with Crippen LogP contribution in [0, 0.1) is 0 Å². The number of aromatic amines is 1. The van der Waals surface area contributed by atoms with E-state index in [1.165, 1.54) is 0 Å². The van der Waals surface area contributed by atoms with E-state index in [1.54, 1.807) is 19.1 Å². The van der Waals surface area contributed by atoms with Crippen molar-refractivity contribution in [3.63, 3.8) is 0 Å². The quantitative estimate of drug-likeness (QED) is 0.567. The Morgan fingerprint density at radius 1 is 1.03 bits per heavy atom. The van der Waals surface area contributed by atoms with Crippen LogP contribution >= 0.6 is 0 Å². The summed E-state index contributed by atoms with van der Waals surface area (Å²) in [5.41, 5.74) is 3.69. The Hall–Kier alpha value is -3.67. The number of fused-ring (bicyclic) bond motifs is 5. The monoisotopic (exact) mass is 388 g/mol. The van der Waals surface area contributed by atoms with Crippen molar-refractivity contribution in [3.05, 3.63) is 60.2 Å². The number of carbonyl (C=O) groups is 1. The van der Waals surface area contributed by atoms with Gasteiger partial charge in [-0.3, -0.25) is 4.79 Å². The van der Waals surface area contributed by atoms with Gasteiger partial charge in [-0.25, -0.2) is 0 Å². The number of nitrogens with zero attached hydrogens (tertiary/aromatic N) is 1. The highest BCUT2D eigenvalue weighted by Gasteiger charge is 2.29. The van der Waals surface area contributed by atoms with Crippen molar-refractivity contribution >= 4 is 33.4 Å². The van der Waals surface area contributed by atoms with Crippen molar-refractivity contribution in [2.24, 2.45) is 0 Å². The highest BCUT2D eigenvalue weighted by molar-refractivity contribution is 6.14. The van der Waals surface area contributed by atoms with Gasteiger partial charge in [0.05, 0.1) is 37.4 Å². The molecule has 1 aromatic heterocycles. The largest absolute Gasteiger partial charge is 0.497 e. The number of rotatable bonds is 4. The summed E-state index contributed by atoms with van der Waals surface area (Å²) in [6.45, 7) is 0.389. The fourth-order valence-electron chi connectivity index (χ4n) is 3.93. The average Bonchev–Trinajstić information content (AvgIpc) is 3.14. The Bertz CT molecular complexity index is 1240. The lowest BCUT2D eigenvalue weighted by Crippen LogP contribution is -2.38. The number of hydrogen-bond acceptors (Lipinski definition) is 4. The van der Waals surface area contributed by atoms with Gasteiger partial charge in [0.1, 0.15) is 11.5 Å². The molecule has 0 bridgehead atoms. The standard InChI is InChI=1S/C23H20N2O4/c1-27-15-8-7-14(20(11-15)28-2)12-25-19-10-9-18-22(23(19)29-13-21(25)26)16-5-3-4-6-17(16)24-18/h3-11,24H,12-13H2,1-2H3. The molecule has 2 heterocycles. The molecule has 0 atom stereocenters. The molecule has 0 aliphatic carbocycles. The van der Waals surface area contributed by atoms with Crippen molar-refractivity contribution in [1.82, 2.24) is 4.98 Å². The summed E-state index contributed by atoms with van der Waals surface area (Å²) in [7, 11) is 3.23. The lowest BCUT2D eigenvalue weighted by molar-refractivity contribution is -0.121. The number of methoxy groups -OCH3 is 2. The van der Waals surface area contributed by atoms with Crippen LogP contribution < -0.4 is 19.1 Å². The molecule has 146 valence electrons. The number of benzene rings is 3. The van der Waals surface area contributed by atoms with Gasteiger partial charge in [0.2, 0.25) is 0 Å². The molecule has 0 saturated carbocycles. The van der Waals surface area contributed by atoms with E-state index in [-0.39, 0.29) is 12.5 Å². The zero-order chi connectivity index (χ0) is 20.0. The van der Waals surface area contributed by atoms with E-state index >= 15 is 0 Å². The summed E-state index contributed by atoms with van der Waals surface area (Å²) in [5, 5.41) is 2.08. The second-order valence-electron chi connectivity index (χ2n) is 6.95. The number of H-pyrrole nitrogens is 1. The van der Waals surface area contributed by atoms with Gasteiger partial charge < -0.3 is 24.1 Å². The zero-order valence-corrected chi connectivity index (χ0v) is 16.2. The topological polar surface area (TPSA) is 63.8 Å². The minimum atomic E-state index is -0.0884. The van der Waals surface area contributed by atoms with E-state index in [4.69, 9.17) is 14.2 Å². The molecular weight excluding hydrogens is 368 g/mol. The summed E-state index contributed by atoms with van der Waals surface area (Å²) >= 11 is 0. The van der Waals surface area contributed by atoms with Gasteiger partial charge in [-0.15, -0.1) is 0 Å². The minimum absolute atomic E-state index is 0.00406. The van der Waals surface area contributed by atoms with Gasteiger partial charge in [0, 0.05) is 22.5 Å². The van der Waals surface area contributed by atoms with Crippen LogP contribution in [0.5, 0.6) is 17.2 Å². The Kier molecular flexibility index (Phi) is 4.05.